The van der Waals surface area contributed by atoms with E-state index in [4.69, 9.17) is 9.84 Å². The van der Waals surface area contributed by atoms with E-state index in [1.807, 2.05) is 0 Å². The van der Waals surface area contributed by atoms with E-state index in [-0.39, 0.29) is 17.9 Å². The Bertz CT molecular complexity index is 476. The number of benzene rings is 1. The van der Waals surface area contributed by atoms with Crippen molar-refractivity contribution in [3.05, 3.63) is 29.3 Å². The van der Waals surface area contributed by atoms with Gasteiger partial charge in [-0.05, 0) is 38.5 Å². The van der Waals surface area contributed by atoms with Crippen molar-refractivity contribution in [1.29, 1.82) is 0 Å². The lowest BCUT2D eigenvalue weighted by Gasteiger charge is -2.24. The highest BCUT2D eigenvalue weighted by Gasteiger charge is 2.35. The molecule has 0 saturated heterocycles. The summed E-state index contributed by atoms with van der Waals surface area (Å²) in [5.74, 6) is -1.85. The Kier molecular flexibility index (Phi) is 3.96. The molecular formula is C13H16O5. The Balaban J connectivity index is 3.31. The SMILES string of the molecule is CCOC(=O)C(C)(C)c1ccc(O)cc1C(=O)O. The number of carbonyl (C=O) groups excluding carboxylic acids is 1. The van der Waals surface area contributed by atoms with Crippen LogP contribution < -0.4 is 0 Å². The lowest BCUT2D eigenvalue weighted by atomic mass is 9.81. The zero-order valence-electron chi connectivity index (χ0n) is 10.6. The van der Waals surface area contributed by atoms with Crippen LogP contribution in [0, 0.1) is 0 Å². The fourth-order valence-corrected chi connectivity index (χ4v) is 1.68. The number of ether oxygens (including phenoxy) is 1. The zero-order valence-corrected chi connectivity index (χ0v) is 10.6. The molecule has 2 N–H and O–H groups in total. The molecule has 0 bridgehead atoms. The van der Waals surface area contributed by atoms with Crippen LogP contribution in [0.5, 0.6) is 5.75 Å². The number of phenolic OH excluding ortho intramolecular Hbond substituents is 1. The van der Waals surface area contributed by atoms with Crippen LogP contribution in [-0.4, -0.2) is 28.8 Å². The Hall–Kier alpha value is -2.04. The van der Waals surface area contributed by atoms with Gasteiger partial charge in [0.25, 0.3) is 0 Å². The average molecular weight is 252 g/mol. The van der Waals surface area contributed by atoms with Crippen molar-refractivity contribution >= 4 is 11.9 Å². The summed E-state index contributed by atoms with van der Waals surface area (Å²) in [5.41, 5.74) is -0.878. The highest BCUT2D eigenvalue weighted by molar-refractivity contribution is 5.94. The van der Waals surface area contributed by atoms with Gasteiger partial charge in [0.15, 0.2) is 0 Å². The predicted octanol–water partition coefficient (Wildman–Crippen LogP) is 1.93. The van der Waals surface area contributed by atoms with Crippen LogP contribution in [0.4, 0.5) is 0 Å². The molecule has 0 amide bonds. The highest BCUT2D eigenvalue weighted by atomic mass is 16.5. The molecule has 0 radical (unpaired) electrons. The number of carboxylic acid groups (broad SMARTS) is 1. The summed E-state index contributed by atoms with van der Waals surface area (Å²) in [4.78, 5) is 23.0. The Morgan fingerprint density at radius 1 is 1.33 bits per heavy atom. The topological polar surface area (TPSA) is 83.8 Å². The molecule has 5 heteroatoms. The second kappa shape index (κ2) is 5.08. The molecule has 1 aromatic carbocycles. The molecule has 98 valence electrons. The lowest BCUT2D eigenvalue weighted by molar-refractivity contribution is -0.148. The van der Waals surface area contributed by atoms with Crippen molar-refractivity contribution in [2.24, 2.45) is 0 Å². The molecule has 0 heterocycles. The molecule has 0 aliphatic carbocycles. The van der Waals surface area contributed by atoms with Gasteiger partial charge in [-0.15, -0.1) is 0 Å². The van der Waals surface area contributed by atoms with E-state index in [2.05, 4.69) is 0 Å². The first-order chi connectivity index (χ1) is 8.30. The number of hydrogen-bond acceptors (Lipinski definition) is 4. The van der Waals surface area contributed by atoms with Crippen molar-refractivity contribution in [2.45, 2.75) is 26.2 Å². The van der Waals surface area contributed by atoms with E-state index in [9.17, 15) is 14.7 Å². The summed E-state index contributed by atoms with van der Waals surface area (Å²) in [5, 5.41) is 18.4. The number of aromatic carboxylic acids is 1. The molecule has 0 fully saturated rings. The van der Waals surface area contributed by atoms with E-state index >= 15 is 0 Å². The first-order valence-electron chi connectivity index (χ1n) is 5.54. The first-order valence-corrected chi connectivity index (χ1v) is 5.54. The van der Waals surface area contributed by atoms with Gasteiger partial charge in [0.05, 0.1) is 17.6 Å². The normalized spacial score (nSPS) is 11.1. The quantitative estimate of drug-likeness (QED) is 0.800. The van der Waals surface area contributed by atoms with Crippen molar-refractivity contribution in [3.63, 3.8) is 0 Å². The maximum Gasteiger partial charge on any atom is 0.336 e. The van der Waals surface area contributed by atoms with E-state index < -0.39 is 17.4 Å². The lowest BCUT2D eigenvalue weighted by Crippen LogP contribution is -2.32. The molecule has 0 aliphatic rings. The second-order valence-electron chi connectivity index (χ2n) is 4.38. The average Bonchev–Trinajstić information content (AvgIpc) is 2.28. The van der Waals surface area contributed by atoms with Crippen LogP contribution in [0.15, 0.2) is 18.2 Å². The van der Waals surface area contributed by atoms with Crippen molar-refractivity contribution in [2.75, 3.05) is 6.61 Å². The molecule has 18 heavy (non-hydrogen) atoms. The number of rotatable bonds is 4. The molecule has 0 saturated carbocycles. The third kappa shape index (κ3) is 2.61. The fourth-order valence-electron chi connectivity index (χ4n) is 1.68. The van der Waals surface area contributed by atoms with Crippen LogP contribution in [0.25, 0.3) is 0 Å². The maximum absolute atomic E-state index is 11.8. The van der Waals surface area contributed by atoms with Gasteiger partial charge < -0.3 is 14.9 Å². The largest absolute Gasteiger partial charge is 0.508 e. The fraction of sp³-hybridized carbons (Fsp3) is 0.385. The summed E-state index contributed by atoms with van der Waals surface area (Å²) in [6.45, 7) is 5.08. The van der Waals surface area contributed by atoms with E-state index in [0.29, 0.717) is 5.56 Å². The van der Waals surface area contributed by atoms with Gasteiger partial charge in [-0.3, -0.25) is 4.79 Å². The number of carboxylic acids is 1. The predicted molar refractivity (Wildman–Crippen MR) is 64.7 cm³/mol. The number of hydrogen-bond donors (Lipinski definition) is 2. The van der Waals surface area contributed by atoms with Crippen LogP contribution >= 0.6 is 0 Å². The minimum absolute atomic E-state index is 0.104. The molecule has 1 aromatic rings. The van der Waals surface area contributed by atoms with Gasteiger partial charge in [-0.25, -0.2) is 4.79 Å². The summed E-state index contributed by atoms with van der Waals surface area (Å²) in [6, 6.07) is 3.90. The van der Waals surface area contributed by atoms with Crippen LogP contribution in [-0.2, 0) is 14.9 Å². The number of phenols is 1. The van der Waals surface area contributed by atoms with Gasteiger partial charge in [-0.2, -0.15) is 0 Å². The van der Waals surface area contributed by atoms with Gasteiger partial charge in [-0.1, -0.05) is 6.07 Å². The highest BCUT2D eigenvalue weighted by Crippen LogP contribution is 2.30. The molecular weight excluding hydrogens is 236 g/mol. The molecule has 0 unspecified atom stereocenters. The van der Waals surface area contributed by atoms with Gasteiger partial charge in [0.2, 0.25) is 0 Å². The minimum Gasteiger partial charge on any atom is -0.508 e. The van der Waals surface area contributed by atoms with E-state index in [0.717, 1.165) is 6.07 Å². The number of esters is 1. The zero-order chi connectivity index (χ0) is 13.9. The third-order valence-corrected chi connectivity index (χ3v) is 2.69. The van der Waals surface area contributed by atoms with E-state index in [1.165, 1.54) is 12.1 Å². The van der Waals surface area contributed by atoms with Crippen LogP contribution in [0.1, 0.15) is 36.7 Å². The van der Waals surface area contributed by atoms with Crippen molar-refractivity contribution in [1.82, 2.24) is 0 Å². The number of carbonyl (C=O) groups is 2. The molecule has 0 atom stereocenters. The molecule has 0 aromatic heterocycles. The van der Waals surface area contributed by atoms with Gasteiger partial charge in [0, 0.05) is 0 Å². The Morgan fingerprint density at radius 3 is 2.44 bits per heavy atom. The second-order valence-corrected chi connectivity index (χ2v) is 4.38. The Morgan fingerprint density at radius 2 is 1.94 bits per heavy atom. The first kappa shape index (κ1) is 14.0. The molecule has 1 rings (SSSR count). The smallest absolute Gasteiger partial charge is 0.336 e. The summed E-state index contributed by atoms with van der Waals surface area (Å²) in [6.07, 6.45) is 0. The standard InChI is InChI=1S/C13H16O5/c1-4-18-12(17)13(2,3)10-6-5-8(14)7-9(10)11(15)16/h5-7,14H,4H2,1-3H3,(H,15,16). The third-order valence-electron chi connectivity index (χ3n) is 2.69. The Labute approximate surface area is 105 Å². The number of aromatic hydroxyl groups is 1. The van der Waals surface area contributed by atoms with Gasteiger partial charge in [0.1, 0.15) is 5.75 Å². The van der Waals surface area contributed by atoms with Crippen molar-refractivity contribution in [3.8, 4) is 5.75 Å². The molecule has 0 aliphatic heterocycles. The van der Waals surface area contributed by atoms with Gasteiger partial charge >= 0.3 is 11.9 Å². The van der Waals surface area contributed by atoms with Crippen molar-refractivity contribution < 1.29 is 24.5 Å². The summed E-state index contributed by atoms with van der Waals surface area (Å²) < 4.78 is 4.93. The monoisotopic (exact) mass is 252 g/mol. The summed E-state index contributed by atoms with van der Waals surface area (Å²) in [7, 11) is 0. The molecule has 0 spiro atoms. The minimum atomic E-state index is -1.20. The summed E-state index contributed by atoms with van der Waals surface area (Å²) >= 11 is 0. The molecule has 5 nitrogen and oxygen atoms in total. The van der Waals surface area contributed by atoms with Crippen LogP contribution in [0.2, 0.25) is 0 Å². The maximum atomic E-state index is 11.8. The van der Waals surface area contributed by atoms with Crippen LogP contribution in [0.3, 0.4) is 0 Å². The van der Waals surface area contributed by atoms with E-state index in [1.54, 1.807) is 20.8 Å².